The summed E-state index contributed by atoms with van der Waals surface area (Å²) in [5, 5.41) is 2.69. The maximum atomic E-state index is 2.27. The van der Waals surface area contributed by atoms with Crippen molar-refractivity contribution in [1.82, 2.24) is 0 Å². The maximum Gasteiger partial charge on any atom is 0.0361 e. The molecular weight excluding hydrogens is 392 g/mol. The molecule has 0 nitrogen and oxygen atoms in total. The summed E-state index contributed by atoms with van der Waals surface area (Å²) in [6.45, 7) is 0. The maximum absolute atomic E-state index is 2.27. The van der Waals surface area contributed by atoms with Crippen molar-refractivity contribution in [2.75, 3.05) is 0 Å². The van der Waals surface area contributed by atoms with Crippen LogP contribution < -0.4 is 0 Å². The molecule has 0 aliphatic heterocycles. The van der Waals surface area contributed by atoms with Crippen LogP contribution in [0.1, 0.15) is 0 Å². The summed E-state index contributed by atoms with van der Waals surface area (Å²) >= 11 is 1.87. The lowest BCUT2D eigenvalue weighted by atomic mass is 9.88. The van der Waals surface area contributed by atoms with Crippen molar-refractivity contribution < 1.29 is 0 Å². The van der Waals surface area contributed by atoms with Crippen LogP contribution >= 0.6 is 11.3 Å². The van der Waals surface area contributed by atoms with Crippen LogP contribution in [0.2, 0.25) is 0 Å². The minimum atomic E-state index is 1.24. The summed E-state index contributed by atoms with van der Waals surface area (Å²) < 4.78 is 2.68. The standard InChI is InChI=1S/C30H20S/c1-2-11-21(12-3-1)22-13-4-5-14-23(22)24-15-6-7-16-25(24)26-18-10-20-29-30(26)27-17-8-9-19-28(27)31-29/h1-20H. The SMILES string of the molecule is c1ccc(-c2ccccc2-c2ccccc2-c2cccc3sc4ccccc4c23)cc1. The topological polar surface area (TPSA) is 0 Å². The van der Waals surface area contributed by atoms with Crippen molar-refractivity contribution in [3.05, 3.63) is 121 Å². The van der Waals surface area contributed by atoms with Crippen LogP contribution in [0.15, 0.2) is 121 Å². The number of hydrogen-bond acceptors (Lipinski definition) is 1. The van der Waals surface area contributed by atoms with E-state index in [1.165, 1.54) is 53.6 Å². The Hall–Kier alpha value is -3.68. The summed E-state index contributed by atoms with van der Waals surface area (Å²) in [5.74, 6) is 0. The average molecular weight is 413 g/mol. The molecule has 0 atom stereocenters. The molecule has 0 spiro atoms. The zero-order valence-corrected chi connectivity index (χ0v) is 17.8. The zero-order valence-electron chi connectivity index (χ0n) is 17.0. The van der Waals surface area contributed by atoms with Gasteiger partial charge in [0.05, 0.1) is 0 Å². The van der Waals surface area contributed by atoms with Crippen molar-refractivity contribution in [3.63, 3.8) is 0 Å². The molecule has 0 radical (unpaired) electrons. The lowest BCUT2D eigenvalue weighted by molar-refractivity contribution is 1.57. The summed E-state index contributed by atoms with van der Waals surface area (Å²) in [5.41, 5.74) is 7.61. The molecule has 31 heavy (non-hydrogen) atoms. The normalized spacial score (nSPS) is 11.2. The molecule has 1 heterocycles. The fourth-order valence-corrected chi connectivity index (χ4v) is 5.67. The van der Waals surface area contributed by atoms with Gasteiger partial charge in [0.1, 0.15) is 0 Å². The quantitative estimate of drug-likeness (QED) is 0.272. The molecule has 0 amide bonds. The van der Waals surface area contributed by atoms with Crippen LogP contribution in [0, 0.1) is 0 Å². The fraction of sp³-hybridized carbons (Fsp3) is 0. The molecule has 1 aromatic heterocycles. The number of thiophene rings is 1. The van der Waals surface area contributed by atoms with E-state index in [1.54, 1.807) is 0 Å². The third kappa shape index (κ3) is 3.06. The lowest BCUT2D eigenvalue weighted by Crippen LogP contribution is -1.89. The fourth-order valence-electron chi connectivity index (χ4n) is 4.54. The van der Waals surface area contributed by atoms with Gasteiger partial charge in [-0.3, -0.25) is 0 Å². The van der Waals surface area contributed by atoms with Gasteiger partial charge in [0.25, 0.3) is 0 Å². The van der Waals surface area contributed by atoms with Gasteiger partial charge < -0.3 is 0 Å². The van der Waals surface area contributed by atoms with E-state index in [1.807, 2.05) is 11.3 Å². The average Bonchev–Trinajstić information content (AvgIpc) is 3.23. The Kier molecular flexibility index (Phi) is 4.40. The molecule has 6 aromatic rings. The van der Waals surface area contributed by atoms with Gasteiger partial charge in [0.15, 0.2) is 0 Å². The number of fused-ring (bicyclic) bond motifs is 3. The smallest absolute Gasteiger partial charge is 0.0361 e. The van der Waals surface area contributed by atoms with Gasteiger partial charge in [-0.25, -0.2) is 0 Å². The highest BCUT2D eigenvalue weighted by Crippen LogP contribution is 2.44. The van der Waals surface area contributed by atoms with Crippen LogP contribution in [-0.2, 0) is 0 Å². The van der Waals surface area contributed by atoms with Gasteiger partial charge >= 0.3 is 0 Å². The van der Waals surface area contributed by atoms with Crippen LogP contribution in [0.5, 0.6) is 0 Å². The van der Waals surface area contributed by atoms with Crippen LogP contribution in [-0.4, -0.2) is 0 Å². The van der Waals surface area contributed by atoms with Crippen molar-refractivity contribution >= 4 is 31.5 Å². The van der Waals surface area contributed by atoms with Crippen LogP contribution in [0.25, 0.3) is 53.6 Å². The summed E-state index contributed by atoms with van der Waals surface area (Å²) in [4.78, 5) is 0. The second kappa shape index (κ2) is 7.54. The van der Waals surface area contributed by atoms with Crippen LogP contribution in [0.4, 0.5) is 0 Å². The molecule has 0 bridgehead atoms. The molecule has 0 aliphatic carbocycles. The van der Waals surface area contributed by atoms with E-state index in [2.05, 4.69) is 121 Å². The monoisotopic (exact) mass is 412 g/mol. The van der Waals surface area contributed by atoms with Gasteiger partial charge in [0.2, 0.25) is 0 Å². The Morgan fingerprint density at radius 2 is 0.871 bits per heavy atom. The lowest BCUT2D eigenvalue weighted by Gasteiger charge is -2.15. The van der Waals surface area contributed by atoms with Crippen molar-refractivity contribution in [2.24, 2.45) is 0 Å². The molecular formula is C30H20S. The Morgan fingerprint density at radius 3 is 1.65 bits per heavy atom. The van der Waals surface area contributed by atoms with E-state index < -0.39 is 0 Å². The molecule has 5 aromatic carbocycles. The third-order valence-corrected chi connectivity index (χ3v) is 7.06. The van der Waals surface area contributed by atoms with E-state index in [4.69, 9.17) is 0 Å². The highest BCUT2D eigenvalue weighted by molar-refractivity contribution is 7.25. The molecule has 1 heteroatoms. The summed E-state index contributed by atoms with van der Waals surface area (Å²) in [6, 6.07) is 43.6. The van der Waals surface area contributed by atoms with E-state index in [0.717, 1.165) is 0 Å². The minimum Gasteiger partial charge on any atom is -0.135 e. The van der Waals surface area contributed by atoms with E-state index in [-0.39, 0.29) is 0 Å². The van der Waals surface area contributed by atoms with Gasteiger partial charge in [0, 0.05) is 20.2 Å². The van der Waals surface area contributed by atoms with Gasteiger partial charge in [-0.05, 0) is 45.5 Å². The molecule has 0 saturated heterocycles. The number of hydrogen-bond donors (Lipinski definition) is 0. The minimum absolute atomic E-state index is 1.24. The highest BCUT2D eigenvalue weighted by Gasteiger charge is 2.15. The first-order valence-electron chi connectivity index (χ1n) is 10.5. The van der Waals surface area contributed by atoms with Gasteiger partial charge in [-0.15, -0.1) is 11.3 Å². The van der Waals surface area contributed by atoms with E-state index >= 15 is 0 Å². The molecule has 0 N–H and O–H groups in total. The number of benzene rings is 5. The molecule has 0 saturated carbocycles. The van der Waals surface area contributed by atoms with Crippen molar-refractivity contribution in [3.8, 4) is 33.4 Å². The largest absolute Gasteiger partial charge is 0.135 e. The first kappa shape index (κ1) is 18.1. The number of rotatable bonds is 3. The molecule has 0 unspecified atom stereocenters. The van der Waals surface area contributed by atoms with Crippen molar-refractivity contribution in [1.29, 1.82) is 0 Å². The summed E-state index contributed by atoms with van der Waals surface area (Å²) in [7, 11) is 0. The molecule has 6 rings (SSSR count). The molecule has 0 aliphatic rings. The second-order valence-corrected chi connectivity index (χ2v) is 8.82. The Labute approximate surface area is 186 Å². The predicted molar refractivity (Wildman–Crippen MR) is 136 cm³/mol. The Morgan fingerprint density at radius 1 is 0.355 bits per heavy atom. The third-order valence-electron chi connectivity index (χ3n) is 5.92. The highest BCUT2D eigenvalue weighted by atomic mass is 32.1. The summed E-state index contributed by atoms with van der Waals surface area (Å²) in [6.07, 6.45) is 0. The second-order valence-electron chi connectivity index (χ2n) is 7.73. The first-order valence-corrected chi connectivity index (χ1v) is 11.4. The van der Waals surface area contributed by atoms with Crippen LogP contribution in [0.3, 0.4) is 0 Å². The van der Waals surface area contributed by atoms with Crippen molar-refractivity contribution in [2.45, 2.75) is 0 Å². The zero-order chi connectivity index (χ0) is 20.6. The van der Waals surface area contributed by atoms with E-state index in [0.29, 0.717) is 0 Å². The van der Waals surface area contributed by atoms with Gasteiger partial charge in [-0.1, -0.05) is 109 Å². The molecule has 146 valence electrons. The molecule has 0 fully saturated rings. The Balaban J connectivity index is 1.65. The van der Waals surface area contributed by atoms with E-state index in [9.17, 15) is 0 Å². The predicted octanol–water partition coefficient (Wildman–Crippen LogP) is 9.06. The first-order chi connectivity index (χ1) is 15.4. The van der Waals surface area contributed by atoms with Gasteiger partial charge in [-0.2, -0.15) is 0 Å². The Bertz CT molecular complexity index is 1520.